The van der Waals surface area contributed by atoms with Crippen molar-refractivity contribution >= 4 is 17.3 Å². The topological polar surface area (TPSA) is 80.3 Å². The van der Waals surface area contributed by atoms with E-state index in [2.05, 4.69) is 20.7 Å². The standard InChI is InChI=1S/C14H20N6/c15-19-12-8-20-4-3-16-14(20)13(18-12)17-7-11-6-9-1-2-10(11)5-9/h3-4,8-11,19H,1-2,5-7,15H2,(H,17,18). The lowest BCUT2D eigenvalue weighted by Gasteiger charge is -2.22. The second-order valence-corrected chi connectivity index (χ2v) is 6.09. The van der Waals surface area contributed by atoms with Gasteiger partial charge in [0.05, 0.1) is 6.20 Å². The highest BCUT2D eigenvalue weighted by molar-refractivity contribution is 5.65. The Morgan fingerprint density at radius 2 is 2.30 bits per heavy atom. The molecule has 0 aromatic carbocycles. The Morgan fingerprint density at radius 1 is 1.35 bits per heavy atom. The number of rotatable bonds is 4. The summed E-state index contributed by atoms with van der Waals surface area (Å²) in [5.74, 6) is 9.61. The predicted molar refractivity (Wildman–Crippen MR) is 78.2 cm³/mol. The molecule has 2 aliphatic carbocycles. The van der Waals surface area contributed by atoms with Crippen LogP contribution in [0.15, 0.2) is 18.6 Å². The number of nitrogens with one attached hydrogen (secondary N) is 2. The minimum atomic E-state index is 0.644. The van der Waals surface area contributed by atoms with Gasteiger partial charge in [0.15, 0.2) is 17.3 Å². The van der Waals surface area contributed by atoms with Crippen LogP contribution in [0.4, 0.5) is 11.6 Å². The van der Waals surface area contributed by atoms with Crippen LogP contribution >= 0.6 is 0 Å². The summed E-state index contributed by atoms with van der Waals surface area (Å²) in [6, 6.07) is 0. The van der Waals surface area contributed by atoms with E-state index in [1.165, 1.54) is 25.7 Å². The highest BCUT2D eigenvalue weighted by Gasteiger charge is 2.39. The fourth-order valence-corrected chi connectivity index (χ4v) is 3.97. The number of hydrogen-bond acceptors (Lipinski definition) is 5. The largest absolute Gasteiger partial charge is 0.367 e. The van der Waals surface area contributed by atoms with Crippen molar-refractivity contribution in [2.45, 2.75) is 25.7 Å². The minimum Gasteiger partial charge on any atom is -0.367 e. The van der Waals surface area contributed by atoms with Gasteiger partial charge in [-0.3, -0.25) is 0 Å². The van der Waals surface area contributed by atoms with Crippen molar-refractivity contribution in [2.75, 3.05) is 17.3 Å². The fraction of sp³-hybridized carbons (Fsp3) is 0.571. The number of hydrazine groups is 1. The van der Waals surface area contributed by atoms with E-state index in [4.69, 9.17) is 5.84 Å². The van der Waals surface area contributed by atoms with E-state index in [0.717, 1.165) is 35.8 Å². The Labute approximate surface area is 117 Å². The quantitative estimate of drug-likeness (QED) is 0.585. The highest BCUT2D eigenvalue weighted by Crippen LogP contribution is 2.48. The van der Waals surface area contributed by atoms with Crippen LogP contribution in [0.1, 0.15) is 25.7 Å². The van der Waals surface area contributed by atoms with Gasteiger partial charge in [-0.15, -0.1) is 0 Å². The Bertz CT molecular complexity index is 621. The number of imidazole rings is 1. The van der Waals surface area contributed by atoms with Gasteiger partial charge in [-0.05, 0) is 37.0 Å². The maximum Gasteiger partial charge on any atom is 0.180 e. The van der Waals surface area contributed by atoms with Gasteiger partial charge >= 0.3 is 0 Å². The third-order valence-corrected chi connectivity index (χ3v) is 4.94. The van der Waals surface area contributed by atoms with Gasteiger partial charge in [0.1, 0.15) is 0 Å². The SMILES string of the molecule is NNc1cn2ccnc2c(NCC2CC3CCC2C3)n1. The maximum atomic E-state index is 5.47. The molecule has 0 aliphatic heterocycles. The summed E-state index contributed by atoms with van der Waals surface area (Å²) in [6.45, 7) is 0.991. The first-order chi connectivity index (χ1) is 9.83. The number of hydrogen-bond donors (Lipinski definition) is 3. The number of nitrogens with zero attached hydrogens (tertiary/aromatic N) is 3. The molecule has 3 atom stereocenters. The molecule has 0 amide bonds. The van der Waals surface area contributed by atoms with Crippen LogP contribution in [0.25, 0.3) is 5.65 Å². The summed E-state index contributed by atoms with van der Waals surface area (Å²) in [5, 5.41) is 3.49. The number of fused-ring (bicyclic) bond motifs is 3. The molecule has 0 saturated heterocycles. The number of nitrogens with two attached hydrogens (primary N) is 1. The van der Waals surface area contributed by atoms with Crippen LogP contribution in [-0.2, 0) is 0 Å². The van der Waals surface area contributed by atoms with E-state index in [0.29, 0.717) is 5.82 Å². The Hall–Kier alpha value is -1.82. The molecular weight excluding hydrogens is 252 g/mol. The molecule has 4 N–H and O–H groups in total. The molecule has 6 heteroatoms. The average Bonchev–Trinajstić information content (AvgIpc) is 3.19. The third kappa shape index (κ3) is 1.91. The first kappa shape index (κ1) is 12.0. The van der Waals surface area contributed by atoms with E-state index >= 15 is 0 Å². The van der Waals surface area contributed by atoms with E-state index in [1.54, 1.807) is 6.20 Å². The zero-order chi connectivity index (χ0) is 13.5. The highest BCUT2D eigenvalue weighted by atomic mass is 15.3. The van der Waals surface area contributed by atoms with Gasteiger partial charge in [-0.1, -0.05) is 6.42 Å². The molecule has 2 fully saturated rings. The zero-order valence-electron chi connectivity index (χ0n) is 11.4. The smallest absolute Gasteiger partial charge is 0.180 e. The molecule has 6 nitrogen and oxygen atoms in total. The molecule has 2 heterocycles. The molecule has 4 rings (SSSR count). The second-order valence-electron chi connectivity index (χ2n) is 6.09. The van der Waals surface area contributed by atoms with Gasteiger partial charge in [-0.2, -0.15) is 0 Å². The summed E-state index contributed by atoms with van der Waals surface area (Å²) in [7, 11) is 0. The average molecular weight is 272 g/mol. The molecule has 2 aromatic rings. The van der Waals surface area contributed by atoms with Crippen molar-refractivity contribution in [1.82, 2.24) is 14.4 Å². The fourth-order valence-electron chi connectivity index (χ4n) is 3.97. The molecule has 3 unspecified atom stereocenters. The van der Waals surface area contributed by atoms with Crippen LogP contribution in [-0.4, -0.2) is 20.9 Å². The van der Waals surface area contributed by atoms with Crippen molar-refractivity contribution in [2.24, 2.45) is 23.6 Å². The first-order valence-corrected chi connectivity index (χ1v) is 7.37. The summed E-state index contributed by atoms with van der Waals surface area (Å²) < 4.78 is 1.94. The van der Waals surface area contributed by atoms with Gasteiger partial charge < -0.3 is 15.1 Å². The van der Waals surface area contributed by atoms with Crippen LogP contribution in [0.5, 0.6) is 0 Å². The van der Waals surface area contributed by atoms with Gasteiger partial charge in [0, 0.05) is 18.9 Å². The Morgan fingerprint density at radius 3 is 3.05 bits per heavy atom. The van der Waals surface area contributed by atoms with Crippen LogP contribution < -0.4 is 16.6 Å². The van der Waals surface area contributed by atoms with Crippen LogP contribution in [0, 0.1) is 17.8 Å². The van der Waals surface area contributed by atoms with E-state index in [-0.39, 0.29) is 0 Å². The summed E-state index contributed by atoms with van der Waals surface area (Å²) in [6.07, 6.45) is 11.2. The molecule has 2 bridgehead atoms. The zero-order valence-corrected chi connectivity index (χ0v) is 11.4. The molecule has 2 aromatic heterocycles. The van der Waals surface area contributed by atoms with E-state index in [9.17, 15) is 0 Å². The van der Waals surface area contributed by atoms with E-state index in [1.807, 2.05) is 16.8 Å². The lowest BCUT2D eigenvalue weighted by atomic mass is 9.89. The minimum absolute atomic E-state index is 0.644. The molecule has 0 radical (unpaired) electrons. The summed E-state index contributed by atoms with van der Waals surface area (Å²) in [4.78, 5) is 8.84. The maximum absolute atomic E-state index is 5.47. The van der Waals surface area contributed by atoms with Crippen molar-refractivity contribution < 1.29 is 0 Å². The number of anilines is 2. The molecular formula is C14H20N6. The predicted octanol–water partition coefficient (Wildman–Crippen LogP) is 1.86. The van der Waals surface area contributed by atoms with Crippen molar-refractivity contribution in [3.05, 3.63) is 18.6 Å². The van der Waals surface area contributed by atoms with Crippen molar-refractivity contribution in [3.63, 3.8) is 0 Å². The van der Waals surface area contributed by atoms with Crippen molar-refractivity contribution in [1.29, 1.82) is 0 Å². The van der Waals surface area contributed by atoms with Gasteiger partial charge in [0.2, 0.25) is 0 Å². The molecule has 2 saturated carbocycles. The Balaban J connectivity index is 1.54. The summed E-state index contributed by atoms with van der Waals surface area (Å²) in [5.41, 5.74) is 3.46. The molecule has 2 aliphatic rings. The number of aromatic nitrogens is 3. The second kappa shape index (κ2) is 4.63. The normalized spacial score (nSPS) is 28.1. The lowest BCUT2D eigenvalue weighted by Crippen LogP contribution is -2.21. The number of nitrogen functional groups attached to an aromatic ring is 1. The summed E-state index contributed by atoms with van der Waals surface area (Å²) >= 11 is 0. The van der Waals surface area contributed by atoms with Crippen LogP contribution in [0.3, 0.4) is 0 Å². The van der Waals surface area contributed by atoms with E-state index < -0.39 is 0 Å². The third-order valence-electron chi connectivity index (χ3n) is 4.94. The van der Waals surface area contributed by atoms with Crippen molar-refractivity contribution in [3.8, 4) is 0 Å². The van der Waals surface area contributed by atoms with Gasteiger partial charge in [0.25, 0.3) is 0 Å². The van der Waals surface area contributed by atoms with Gasteiger partial charge in [-0.25, -0.2) is 15.8 Å². The monoisotopic (exact) mass is 272 g/mol. The Kier molecular flexibility index (Phi) is 2.77. The first-order valence-electron chi connectivity index (χ1n) is 7.37. The molecule has 106 valence electrons. The van der Waals surface area contributed by atoms with Crippen LogP contribution in [0.2, 0.25) is 0 Å². The molecule has 20 heavy (non-hydrogen) atoms. The lowest BCUT2D eigenvalue weighted by molar-refractivity contribution is 0.348. The molecule has 0 spiro atoms.